The lowest BCUT2D eigenvalue weighted by Crippen LogP contribution is -2.13. The first-order valence-electron chi connectivity index (χ1n) is 6.92. The van der Waals surface area contributed by atoms with Gasteiger partial charge in [-0.3, -0.25) is 0 Å². The Morgan fingerprint density at radius 3 is 2.67 bits per heavy atom. The lowest BCUT2D eigenvalue weighted by Gasteiger charge is -2.01. The smallest absolute Gasteiger partial charge is 0.442 e. The van der Waals surface area contributed by atoms with Gasteiger partial charge in [0.25, 0.3) is 0 Å². The van der Waals surface area contributed by atoms with Crippen molar-refractivity contribution in [1.29, 1.82) is 5.26 Å². The Kier molecular flexibility index (Phi) is 3.95. The molecule has 0 unspecified atom stereocenters. The maximum absolute atomic E-state index is 12.0. The molecule has 0 radical (unpaired) electrons. The molecule has 0 spiro atoms. The van der Waals surface area contributed by atoms with Crippen molar-refractivity contribution in [3.63, 3.8) is 0 Å². The van der Waals surface area contributed by atoms with Crippen LogP contribution < -0.4 is 5.76 Å². The minimum absolute atomic E-state index is 0.106. The molecule has 0 atom stereocenters. The monoisotopic (exact) mass is 321 g/mol. The Hall–Kier alpha value is -3.66. The zero-order valence-corrected chi connectivity index (χ0v) is 12.6. The summed E-state index contributed by atoms with van der Waals surface area (Å²) in [4.78, 5) is 23.4. The van der Waals surface area contributed by atoms with E-state index in [0.29, 0.717) is 22.4 Å². The van der Waals surface area contributed by atoms with Gasteiger partial charge in [-0.2, -0.15) is 9.94 Å². The molecule has 1 heterocycles. The summed E-state index contributed by atoms with van der Waals surface area (Å²) in [6.07, 6.45) is 0. The van der Waals surface area contributed by atoms with Crippen molar-refractivity contribution in [2.75, 3.05) is 7.11 Å². The van der Waals surface area contributed by atoms with Crippen molar-refractivity contribution >= 4 is 5.97 Å². The van der Waals surface area contributed by atoms with Crippen LogP contribution in [0, 0.1) is 11.3 Å². The summed E-state index contributed by atoms with van der Waals surface area (Å²) in [5.41, 5.74) is 1.77. The number of rotatable bonds is 3. The van der Waals surface area contributed by atoms with E-state index in [1.807, 2.05) is 6.07 Å². The van der Waals surface area contributed by atoms with Gasteiger partial charge in [-0.15, -0.1) is 5.10 Å². The molecule has 3 rings (SSSR count). The first-order valence-corrected chi connectivity index (χ1v) is 6.92. The van der Waals surface area contributed by atoms with Crippen LogP contribution in [0.5, 0.6) is 0 Å². The largest absolute Gasteiger partial charge is 0.465 e. The molecular weight excluding hydrogens is 310 g/mol. The quantitative estimate of drug-likeness (QED) is 0.685. The van der Waals surface area contributed by atoms with Gasteiger partial charge >= 0.3 is 11.7 Å². The van der Waals surface area contributed by atoms with E-state index in [9.17, 15) is 9.59 Å². The number of hydrogen-bond donors (Lipinski definition) is 0. The highest BCUT2D eigenvalue weighted by atomic mass is 16.5. The number of carbonyl (C=O) groups excluding carboxylic acids is 1. The Morgan fingerprint density at radius 1 is 1.25 bits per heavy atom. The highest BCUT2D eigenvalue weighted by molar-refractivity contribution is 5.89. The fourth-order valence-corrected chi connectivity index (χ4v) is 2.14. The maximum Gasteiger partial charge on any atom is 0.442 e. The van der Waals surface area contributed by atoms with Crippen LogP contribution in [0.2, 0.25) is 0 Å². The molecule has 118 valence electrons. The third-order valence-electron chi connectivity index (χ3n) is 3.32. The first kappa shape index (κ1) is 15.2. The van der Waals surface area contributed by atoms with Gasteiger partial charge in [-0.25, -0.2) is 9.59 Å². The van der Waals surface area contributed by atoms with Crippen LogP contribution in [-0.2, 0) is 4.74 Å². The molecule has 0 bridgehead atoms. The molecule has 2 aromatic carbocycles. The molecule has 3 aromatic rings. The van der Waals surface area contributed by atoms with Crippen molar-refractivity contribution in [2.45, 2.75) is 0 Å². The molecule has 0 amide bonds. The SMILES string of the molecule is COC(=O)c1ccc(-n2nc(-c3cccc(C#N)c3)oc2=O)cc1. The number of benzene rings is 2. The highest BCUT2D eigenvalue weighted by Crippen LogP contribution is 2.18. The summed E-state index contributed by atoms with van der Waals surface area (Å²) >= 11 is 0. The van der Waals surface area contributed by atoms with E-state index in [2.05, 4.69) is 9.84 Å². The van der Waals surface area contributed by atoms with Crippen LogP contribution in [0.25, 0.3) is 17.1 Å². The second-order valence-corrected chi connectivity index (χ2v) is 4.82. The third kappa shape index (κ3) is 2.80. The molecule has 0 aliphatic carbocycles. The second-order valence-electron chi connectivity index (χ2n) is 4.82. The molecular formula is C17H11N3O4. The number of methoxy groups -OCH3 is 1. The number of aromatic nitrogens is 2. The van der Waals surface area contributed by atoms with E-state index in [1.165, 1.54) is 19.2 Å². The van der Waals surface area contributed by atoms with Crippen LogP contribution in [0.15, 0.2) is 57.7 Å². The van der Waals surface area contributed by atoms with Crippen molar-refractivity contribution in [3.05, 3.63) is 70.2 Å². The van der Waals surface area contributed by atoms with E-state index in [0.717, 1.165) is 4.68 Å². The molecule has 0 saturated carbocycles. The summed E-state index contributed by atoms with van der Waals surface area (Å²) in [7, 11) is 1.29. The van der Waals surface area contributed by atoms with E-state index in [-0.39, 0.29) is 5.89 Å². The number of ether oxygens (including phenoxy) is 1. The topological polar surface area (TPSA) is 98.1 Å². The molecule has 0 aliphatic rings. The van der Waals surface area contributed by atoms with Crippen molar-refractivity contribution in [3.8, 4) is 23.2 Å². The van der Waals surface area contributed by atoms with E-state index >= 15 is 0 Å². The predicted octanol–water partition coefficient (Wildman–Crippen LogP) is 2.15. The van der Waals surface area contributed by atoms with Crippen molar-refractivity contribution < 1.29 is 13.9 Å². The summed E-state index contributed by atoms with van der Waals surface area (Å²) in [6, 6.07) is 14.8. The lowest BCUT2D eigenvalue weighted by atomic mass is 10.1. The van der Waals surface area contributed by atoms with Gasteiger partial charge in [0.05, 0.1) is 30.0 Å². The summed E-state index contributed by atoms with van der Waals surface area (Å²) in [6.45, 7) is 0. The van der Waals surface area contributed by atoms with Crippen molar-refractivity contribution in [1.82, 2.24) is 9.78 Å². The Bertz CT molecular complexity index is 994. The number of nitrogens with zero attached hydrogens (tertiary/aromatic N) is 3. The van der Waals surface area contributed by atoms with Gasteiger partial charge in [-0.1, -0.05) is 6.07 Å². The van der Waals surface area contributed by atoms with E-state index < -0.39 is 11.7 Å². The fraction of sp³-hybridized carbons (Fsp3) is 0.0588. The molecule has 0 aliphatic heterocycles. The van der Waals surface area contributed by atoms with Gasteiger partial charge < -0.3 is 9.15 Å². The van der Waals surface area contributed by atoms with Crippen molar-refractivity contribution in [2.24, 2.45) is 0 Å². The highest BCUT2D eigenvalue weighted by Gasteiger charge is 2.13. The Balaban J connectivity index is 1.99. The Labute approximate surface area is 136 Å². The molecule has 7 nitrogen and oxygen atoms in total. The summed E-state index contributed by atoms with van der Waals surface area (Å²) < 4.78 is 10.8. The van der Waals surface area contributed by atoms with Gasteiger partial charge in [0.1, 0.15) is 0 Å². The zero-order valence-electron chi connectivity index (χ0n) is 12.6. The fourth-order valence-electron chi connectivity index (χ4n) is 2.14. The second kappa shape index (κ2) is 6.22. The minimum Gasteiger partial charge on any atom is -0.465 e. The molecule has 0 saturated heterocycles. The average molecular weight is 321 g/mol. The standard InChI is InChI=1S/C17H11N3O4/c1-23-16(21)12-5-7-14(8-6-12)20-17(22)24-15(19-20)13-4-2-3-11(9-13)10-18/h2-9H,1H3. The number of hydrogen-bond acceptors (Lipinski definition) is 6. The number of carbonyl (C=O) groups is 1. The van der Waals surface area contributed by atoms with Gasteiger partial charge in [0.15, 0.2) is 0 Å². The van der Waals surface area contributed by atoms with Crippen LogP contribution in [0.1, 0.15) is 15.9 Å². The third-order valence-corrected chi connectivity index (χ3v) is 3.32. The van der Waals surface area contributed by atoms with Crippen LogP contribution in [0.3, 0.4) is 0 Å². The summed E-state index contributed by atoms with van der Waals surface area (Å²) in [5, 5.41) is 13.1. The van der Waals surface area contributed by atoms with E-state index in [1.54, 1.807) is 36.4 Å². The Morgan fingerprint density at radius 2 is 2.00 bits per heavy atom. The minimum atomic E-state index is -0.668. The number of esters is 1. The van der Waals surface area contributed by atoms with Crippen LogP contribution in [-0.4, -0.2) is 22.9 Å². The number of nitriles is 1. The van der Waals surface area contributed by atoms with Gasteiger partial charge in [0.2, 0.25) is 5.89 Å². The van der Waals surface area contributed by atoms with Crippen LogP contribution in [0.4, 0.5) is 0 Å². The zero-order chi connectivity index (χ0) is 17.1. The van der Waals surface area contributed by atoms with Gasteiger partial charge in [0, 0.05) is 5.56 Å². The maximum atomic E-state index is 12.0. The van der Waals surface area contributed by atoms with Gasteiger partial charge in [-0.05, 0) is 42.5 Å². The summed E-state index contributed by atoms with van der Waals surface area (Å²) in [5.74, 6) is -1.03. The predicted molar refractivity (Wildman–Crippen MR) is 83.6 cm³/mol. The lowest BCUT2D eigenvalue weighted by molar-refractivity contribution is 0.0600. The molecule has 0 N–H and O–H groups in total. The molecule has 0 fully saturated rings. The van der Waals surface area contributed by atoms with Crippen LogP contribution >= 0.6 is 0 Å². The molecule has 7 heteroatoms. The first-order chi connectivity index (χ1) is 11.6. The molecule has 24 heavy (non-hydrogen) atoms. The normalized spacial score (nSPS) is 10.2. The molecule has 1 aromatic heterocycles. The average Bonchev–Trinajstić information content (AvgIpc) is 3.03. The van der Waals surface area contributed by atoms with E-state index in [4.69, 9.17) is 9.68 Å².